The fourth-order valence-electron chi connectivity index (χ4n) is 4.89. The van der Waals surface area contributed by atoms with Gasteiger partial charge in [-0.25, -0.2) is 26.6 Å². The molecule has 1 aliphatic carbocycles. The highest BCUT2D eigenvalue weighted by molar-refractivity contribution is 7.91. The largest absolute Gasteiger partial charge is 0.462 e. The SMILES string of the molecule is Cc1ccc(-n2c(=O)n(S(=O)(=O)C3CC3c3cccc(F)c3)c3c4occc4c(=O)n(C)c32)c(F)c1. The average Bonchev–Trinajstić information content (AvgIpc) is 3.40. The highest BCUT2D eigenvalue weighted by Crippen LogP contribution is 2.47. The lowest BCUT2D eigenvalue weighted by Gasteiger charge is -2.08. The van der Waals surface area contributed by atoms with Crippen molar-refractivity contribution in [2.45, 2.75) is 24.5 Å². The number of pyridine rings is 1. The number of aromatic nitrogens is 3. The summed E-state index contributed by atoms with van der Waals surface area (Å²) in [6.45, 7) is 1.67. The van der Waals surface area contributed by atoms with Crippen LogP contribution in [-0.2, 0) is 17.1 Å². The summed E-state index contributed by atoms with van der Waals surface area (Å²) in [6, 6.07) is 11.2. The second-order valence-electron chi connectivity index (χ2n) is 9.02. The van der Waals surface area contributed by atoms with E-state index in [0.717, 1.165) is 9.13 Å². The second-order valence-corrected chi connectivity index (χ2v) is 11.0. The third-order valence-corrected chi connectivity index (χ3v) is 8.85. The van der Waals surface area contributed by atoms with Crippen LogP contribution >= 0.6 is 0 Å². The summed E-state index contributed by atoms with van der Waals surface area (Å²) in [5, 5.41) is -0.936. The molecule has 2 unspecified atom stereocenters. The van der Waals surface area contributed by atoms with E-state index in [1.165, 1.54) is 49.7 Å². The number of aryl methyl sites for hydroxylation is 2. The number of fused-ring (bicyclic) bond motifs is 3. The molecule has 184 valence electrons. The molecule has 0 radical (unpaired) electrons. The molecule has 2 aromatic carbocycles. The Hall–Kier alpha value is -3.99. The molecule has 0 bridgehead atoms. The molecule has 8 nitrogen and oxygen atoms in total. The van der Waals surface area contributed by atoms with Crippen molar-refractivity contribution in [2.75, 3.05) is 0 Å². The van der Waals surface area contributed by atoms with Crippen LogP contribution in [0, 0.1) is 18.6 Å². The Bertz CT molecular complexity index is 1950. The van der Waals surface area contributed by atoms with Crippen LogP contribution in [0.2, 0.25) is 0 Å². The number of benzene rings is 2. The Morgan fingerprint density at radius 2 is 1.83 bits per heavy atom. The van der Waals surface area contributed by atoms with Crippen LogP contribution in [0.5, 0.6) is 0 Å². The molecule has 0 spiro atoms. The normalized spacial score (nSPS) is 17.8. The van der Waals surface area contributed by atoms with Gasteiger partial charge in [-0.3, -0.25) is 9.36 Å². The lowest BCUT2D eigenvalue weighted by atomic mass is 10.1. The summed E-state index contributed by atoms with van der Waals surface area (Å²) in [5.41, 5.74) is -1.08. The lowest BCUT2D eigenvalue weighted by molar-refractivity contribution is 0.581. The molecule has 6 rings (SSSR count). The Labute approximate surface area is 202 Å². The molecule has 1 fully saturated rings. The van der Waals surface area contributed by atoms with Crippen molar-refractivity contribution in [2.24, 2.45) is 7.05 Å². The highest BCUT2D eigenvalue weighted by Gasteiger charge is 2.51. The van der Waals surface area contributed by atoms with Gasteiger partial charge in [-0.05, 0) is 54.8 Å². The minimum atomic E-state index is -4.38. The Kier molecular flexibility index (Phi) is 4.68. The molecule has 0 aliphatic heterocycles. The van der Waals surface area contributed by atoms with Gasteiger partial charge in [0.15, 0.2) is 11.2 Å². The first-order valence-corrected chi connectivity index (χ1v) is 12.6. The predicted molar refractivity (Wildman–Crippen MR) is 129 cm³/mol. The van der Waals surface area contributed by atoms with Crippen LogP contribution in [0.1, 0.15) is 23.5 Å². The van der Waals surface area contributed by atoms with E-state index in [0.29, 0.717) is 15.1 Å². The summed E-state index contributed by atoms with van der Waals surface area (Å²) < 4.78 is 64.7. The van der Waals surface area contributed by atoms with E-state index in [9.17, 15) is 22.4 Å². The first kappa shape index (κ1) is 22.5. The number of hydrogen-bond acceptors (Lipinski definition) is 5. The molecule has 0 amide bonds. The van der Waals surface area contributed by atoms with Crippen molar-refractivity contribution in [1.29, 1.82) is 0 Å². The maximum atomic E-state index is 15.1. The molecule has 3 heterocycles. The number of halogens is 2. The van der Waals surface area contributed by atoms with E-state index in [-0.39, 0.29) is 34.2 Å². The molecular formula is C25H19F2N3O5S. The van der Waals surface area contributed by atoms with E-state index in [4.69, 9.17) is 4.42 Å². The third-order valence-electron chi connectivity index (χ3n) is 6.71. The van der Waals surface area contributed by atoms with Crippen molar-refractivity contribution < 1.29 is 21.6 Å². The molecule has 1 saturated carbocycles. The quantitative estimate of drug-likeness (QED) is 0.368. The van der Waals surface area contributed by atoms with Gasteiger partial charge in [0.25, 0.3) is 5.56 Å². The Morgan fingerprint density at radius 3 is 2.56 bits per heavy atom. The standard InChI is InChI=1S/C25H19F2N3O5S/c1-13-6-7-19(18(27)10-13)29-23-21(22-16(8-9-35-22)24(31)28(23)2)30(25(29)32)36(33,34)20-12-17(20)14-4-3-5-15(26)11-14/h3-11,17,20H,12H2,1-2H3. The molecule has 11 heteroatoms. The van der Waals surface area contributed by atoms with Crippen LogP contribution in [0.25, 0.3) is 27.8 Å². The molecule has 5 aromatic rings. The second kappa shape index (κ2) is 7.50. The van der Waals surface area contributed by atoms with Gasteiger partial charge in [-0.2, -0.15) is 3.97 Å². The summed E-state index contributed by atoms with van der Waals surface area (Å²) in [7, 11) is -3.00. The number of furan rings is 1. The van der Waals surface area contributed by atoms with E-state index in [2.05, 4.69) is 0 Å². The van der Waals surface area contributed by atoms with Crippen molar-refractivity contribution in [3.8, 4) is 5.69 Å². The Balaban J connectivity index is 1.68. The van der Waals surface area contributed by atoms with E-state index >= 15 is 4.39 Å². The maximum Gasteiger partial charge on any atom is 0.349 e. The number of nitrogens with zero attached hydrogens (tertiary/aromatic N) is 3. The lowest BCUT2D eigenvalue weighted by Crippen LogP contribution is -2.32. The van der Waals surface area contributed by atoms with Gasteiger partial charge in [-0.1, -0.05) is 18.2 Å². The van der Waals surface area contributed by atoms with Gasteiger partial charge in [0.1, 0.15) is 17.2 Å². The minimum absolute atomic E-state index is 0.0768. The average molecular weight is 512 g/mol. The summed E-state index contributed by atoms with van der Waals surface area (Å²) >= 11 is 0. The smallest absolute Gasteiger partial charge is 0.349 e. The fraction of sp³-hybridized carbons (Fsp3) is 0.200. The van der Waals surface area contributed by atoms with E-state index in [1.54, 1.807) is 19.1 Å². The van der Waals surface area contributed by atoms with E-state index in [1.807, 2.05) is 0 Å². The van der Waals surface area contributed by atoms with Gasteiger partial charge in [-0.15, -0.1) is 0 Å². The van der Waals surface area contributed by atoms with E-state index < -0.39 is 44.1 Å². The number of rotatable bonds is 4. The van der Waals surface area contributed by atoms with Crippen molar-refractivity contribution in [3.05, 3.63) is 98.4 Å². The van der Waals surface area contributed by atoms with Crippen molar-refractivity contribution in [1.82, 2.24) is 13.1 Å². The van der Waals surface area contributed by atoms with Crippen molar-refractivity contribution in [3.63, 3.8) is 0 Å². The summed E-state index contributed by atoms with van der Waals surface area (Å²) in [5.74, 6) is -1.78. The van der Waals surface area contributed by atoms with Crippen LogP contribution in [0.3, 0.4) is 0 Å². The fourth-order valence-corrected chi connectivity index (χ4v) is 6.90. The predicted octanol–water partition coefficient (Wildman–Crippen LogP) is 3.56. The first-order chi connectivity index (χ1) is 17.1. The van der Waals surface area contributed by atoms with Gasteiger partial charge in [0.2, 0.25) is 10.0 Å². The van der Waals surface area contributed by atoms with Crippen LogP contribution in [-0.4, -0.2) is 26.8 Å². The first-order valence-electron chi connectivity index (χ1n) is 11.1. The zero-order valence-corrected chi connectivity index (χ0v) is 19.9. The van der Waals surface area contributed by atoms with Crippen LogP contribution in [0.15, 0.2) is 68.8 Å². The van der Waals surface area contributed by atoms with Gasteiger partial charge in [0.05, 0.1) is 22.6 Å². The number of hydrogen-bond donors (Lipinski definition) is 0. The molecule has 0 N–H and O–H groups in total. The van der Waals surface area contributed by atoms with Gasteiger partial charge < -0.3 is 4.42 Å². The molecule has 1 aliphatic rings. The minimum Gasteiger partial charge on any atom is -0.462 e. The molecule has 36 heavy (non-hydrogen) atoms. The topological polar surface area (TPSA) is 96.2 Å². The number of imidazole rings is 1. The third kappa shape index (κ3) is 3.05. The molecular weight excluding hydrogens is 492 g/mol. The maximum absolute atomic E-state index is 15.1. The summed E-state index contributed by atoms with van der Waals surface area (Å²) in [4.78, 5) is 26.8. The van der Waals surface area contributed by atoms with Crippen LogP contribution in [0.4, 0.5) is 8.78 Å². The summed E-state index contributed by atoms with van der Waals surface area (Å²) in [6.07, 6.45) is 1.40. The van der Waals surface area contributed by atoms with Crippen molar-refractivity contribution >= 4 is 32.2 Å². The van der Waals surface area contributed by atoms with Gasteiger partial charge in [0, 0.05) is 13.0 Å². The highest BCUT2D eigenvalue weighted by atomic mass is 32.2. The van der Waals surface area contributed by atoms with Gasteiger partial charge >= 0.3 is 5.69 Å². The zero-order valence-electron chi connectivity index (χ0n) is 19.1. The monoisotopic (exact) mass is 511 g/mol. The zero-order chi connectivity index (χ0) is 25.5. The van der Waals surface area contributed by atoms with Crippen LogP contribution < -0.4 is 11.2 Å². The molecule has 0 saturated heterocycles. The Morgan fingerprint density at radius 1 is 1.06 bits per heavy atom. The molecule has 3 aromatic heterocycles. The molecule has 2 atom stereocenters.